The highest BCUT2D eigenvalue weighted by molar-refractivity contribution is 6.34. The Labute approximate surface area is 177 Å². The summed E-state index contributed by atoms with van der Waals surface area (Å²) in [6.07, 6.45) is 5.61. The zero-order valence-corrected chi connectivity index (χ0v) is 18.4. The SMILES string of the molecule is CCCCCOC(=O)/C=C/C(C)(C)NC(=O)[C@H](CC)Oc1cc(Cl)cc(Cl)c1. The highest BCUT2D eigenvalue weighted by Crippen LogP contribution is 2.25. The van der Waals surface area contributed by atoms with Crippen molar-refractivity contribution in [3.05, 3.63) is 40.4 Å². The summed E-state index contributed by atoms with van der Waals surface area (Å²) in [6.45, 7) is 7.90. The number of unbranched alkanes of at least 4 members (excludes halogenated alkanes) is 2. The molecular formula is C21H29Cl2NO4. The molecule has 0 saturated carbocycles. The summed E-state index contributed by atoms with van der Waals surface area (Å²) in [6, 6.07) is 4.79. The van der Waals surface area contributed by atoms with Crippen LogP contribution in [0.15, 0.2) is 30.4 Å². The summed E-state index contributed by atoms with van der Waals surface area (Å²) < 4.78 is 10.9. The lowest BCUT2D eigenvalue weighted by Crippen LogP contribution is -2.48. The fraction of sp³-hybridized carbons (Fsp3) is 0.524. The van der Waals surface area contributed by atoms with Crippen LogP contribution in [0.3, 0.4) is 0 Å². The Hall–Kier alpha value is -1.72. The van der Waals surface area contributed by atoms with Gasteiger partial charge in [-0.3, -0.25) is 4.79 Å². The van der Waals surface area contributed by atoms with E-state index in [9.17, 15) is 9.59 Å². The van der Waals surface area contributed by atoms with E-state index in [-0.39, 0.29) is 5.91 Å². The van der Waals surface area contributed by atoms with Crippen molar-refractivity contribution in [1.29, 1.82) is 0 Å². The van der Waals surface area contributed by atoms with Crippen LogP contribution in [-0.2, 0) is 14.3 Å². The standard InChI is InChI=1S/C21H29Cl2NO4/c1-5-7-8-11-27-19(25)9-10-21(3,4)24-20(26)18(6-2)28-17-13-15(22)12-16(23)14-17/h9-10,12-14,18H,5-8,11H2,1-4H3,(H,24,26)/b10-9+/t18-/m0/s1. The molecule has 0 heterocycles. The molecular weight excluding hydrogens is 401 g/mol. The zero-order valence-electron chi connectivity index (χ0n) is 16.9. The van der Waals surface area contributed by atoms with Gasteiger partial charge in [-0.2, -0.15) is 0 Å². The molecule has 0 aromatic heterocycles. The highest BCUT2D eigenvalue weighted by Gasteiger charge is 2.25. The third kappa shape index (κ3) is 9.47. The van der Waals surface area contributed by atoms with Gasteiger partial charge in [-0.15, -0.1) is 0 Å². The van der Waals surface area contributed by atoms with Crippen molar-refractivity contribution in [3.63, 3.8) is 0 Å². The maximum atomic E-state index is 12.6. The number of carbonyl (C=O) groups excluding carboxylic acids is 2. The van der Waals surface area contributed by atoms with Crippen LogP contribution in [0.5, 0.6) is 5.75 Å². The molecule has 1 atom stereocenters. The minimum absolute atomic E-state index is 0.301. The lowest BCUT2D eigenvalue weighted by atomic mass is 10.0. The van der Waals surface area contributed by atoms with Crippen LogP contribution in [0.1, 0.15) is 53.4 Å². The molecule has 0 radical (unpaired) electrons. The lowest BCUT2D eigenvalue weighted by molar-refractivity contribution is -0.138. The van der Waals surface area contributed by atoms with Gasteiger partial charge in [0.25, 0.3) is 5.91 Å². The van der Waals surface area contributed by atoms with E-state index in [4.69, 9.17) is 32.7 Å². The van der Waals surface area contributed by atoms with E-state index in [0.29, 0.717) is 28.8 Å². The average molecular weight is 430 g/mol. The number of halogens is 2. The predicted molar refractivity (Wildman–Crippen MR) is 113 cm³/mol. The first-order chi connectivity index (χ1) is 13.2. The van der Waals surface area contributed by atoms with Crippen LogP contribution < -0.4 is 10.1 Å². The van der Waals surface area contributed by atoms with E-state index < -0.39 is 17.6 Å². The van der Waals surface area contributed by atoms with E-state index in [1.54, 1.807) is 38.1 Å². The molecule has 0 fully saturated rings. The largest absolute Gasteiger partial charge is 0.481 e. The monoisotopic (exact) mass is 429 g/mol. The quantitative estimate of drug-likeness (QED) is 0.293. The van der Waals surface area contributed by atoms with Gasteiger partial charge in [0.15, 0.2) is 6.10 Å². The number of hydrogen-bond donors (Lipinski definition) is 1. The molecule has 0 aliphatic rings. The molecule has 0 aliphatic carbocycles. The van der Waals surface area contributed by atoms with Crippen LogP contribution in [0.2, 0.25) is 10.0 Å². The molecule has 0 unspecified atom stereocenters. The van der Waals surface area contributed by atoms with Crippen molar-refractivity contribution in [2.24, 2.45) is 0 Å². The summed E-state index contributed by atoms with van der Waals surface area (Å²) in [5, 5.41) is 3.72. The second-order valence-corrected chi connectivity index (χ2v) is 7.91. The molecule has 28 heavy (non-hydrogen) atoms. The summed E-state index contributed by atoms with van der Waals surface area (Å²) in [4.78, 5) is 24.4. The first-order valence-electron chi connectivity index (χ1n) is 9.47. The Bertz CT molecular complexity index is 669. The zero-order chi connectivity index (χ0) is 21.2. The minimum Gasteiger partial charge on any atom is -0.481 e. The van der Waals surface area contributed by atoms with E-state index in [2.05, 4.69) is 12.2 Å². The second-order valence-electron chi connectivity index (χ2n) is 7.04. The molecule has 0 bridgehead atoms. The molecule has 1 rings (SSSR count). The Morgan fingerprint density at radius 1 is 1.14 bits per heavy atom. The number of benzene rings is 1. The maximum Gasteiger partial charge on any atom is 0.330 e. The van der Waals surface area contributed by atoms with Gasteiger partial charge in [0.2, 0.25) is 0 Å². The maximum absolute atomic E-state index is 12.6. The molecule has 1 amide bonds. The molecule has 1 aromatic rings. The third-order valence-corrected chi connectivity index (χ3v) is 4.29. The van der Waals surface area contributed by atoms with Gasteiger partial charge in [0.1, 0.15) is 5.75 Å². The third-order valence-electron chi connectivity index (χ3n) is 3.85. The van der Waals surface area contributed by atoms with Crippen molar-refractivity contribution in [2.45, 2.75) is 65.0 Å². The number of amides is 1. The lowest BCUT2D eigenvalue weighted by Gasteiger charge is -2.26. The fourth-order valence-corrected chi connectivity index (χ4v) is 2.88. The van der Waals surface area contributed by atoms with E-state index >= 15 is 0 Å². The molecule has 0 saturated heterocycles. The van der Waals surface area contributed by atoms with Crippen LogP contribution in [0.25, 0.3) is 0 Å². The van der Waals surface area contributed by atoms with Crippen LogP contribution >= 0.6 is 23.2 Å². The molecule has 0 aliphatic heterocycles. The van der Waals surface area contributed by atoms with Crippen LogP contribution in [-0.4, -0.2) is 30.1 Å². The second kappa shape index (κ2) is 12.0. The highest BCUT2D eigenvalue weighted by atomic mass is 35.5. The average Bonchev–Trinajstić information content (AvgIpc) is 2.60. The van der Waals surface area contributed by atoms with Gasteiger partial charge in [-0.25, -0.2) is 4.79 Å². The number of esters is 1. The topological polar surface area (TPSA) is 64.6 Å². The molecule has 5 nitrogen and oxygen atoms in total. The molecule has 1 aromatic carbocycles. The van der Waals surface area contributed by atoms with Crippen molar-refractivity contribution in [1.82, 2.24) is 5.32 Å². The molecule has 156 valence electrons. The van der Waals surface area contributed by atoms with Crippen molar-refractivity contribution < 1.29 is 19.1 Å². The van der Waals surface area contributed by atoms with E-state index in [1.165, 1.54) is 6.08 Å². The molecule has 7 heteroatoms. The first kappa shape index (κ1) is 24.3. The van der Waals surface area contributed by atoms with Crippen molar-refractivity contribution in [3.8, 4) is 5.75 Å². The Balaban J connectivity index is 2.63. The van der Waals surface area contributed by atoms with Gasteiger partial charge in [0, 0.05) is 16.1 Å². The fourth-order valence-electron chi connectivity index (χ4n) is 2.37. The Morgan fingerprint density at radius 2 is 1.79 bits per heavy atom. The molecule has 0 spiro atoms. The van der Waals surface area contributed by atoms with Crippen LogP contribution in [0, 0.1) is 0 Å². The summed E-state index contributed by atoms with van der Waals surface area (Å²) >= 11 is 11.9. The van der Waals surface area contributed by atoms with Gasteiger partial charge in [-0.1, -0.05) is 56.0 Å². The smallest absolute Gasteiger partial charge is 0.330 e. The summed E-state index contributed by atoms with van der Waals surface area (Å²) in [7, 11) is 0. The number of rotatable bonds is 11. The van der Waals surface area contributed by atoms with E-state index in [0.717, 1.165) is 19.3 Å². The van der Waals surface area contributed by atoms with Crippen molar-refractivity contribution in [2.75, 3.05) is 6.61 Å². The van der Waals surface area contributed by atoms with Gasteiger partial charge < -0.3 is 14.8 Å². The van der Waals surface area contributed by atoms with Gasteiger partial charge in [-0.05, 0) is 44.9 Å². The van der Waals surface area contributed by atoms with Crippen molar-refractivity contribution >= 4 is 35.1 Å². The summed E-state index contributed by atoms with van der Waals surface area (Å²) in [5.74, 6) is -0.302. The van der Waals surface area contributed by atoms with Gasteiger partial charge >= 0.3 is 5.97 Å². The molecule has 1 N–H and O–H groups in total. The number of nitrogens with one attached hydrogen (secondary N) is 1. The number of hydrogen-bond acceptors (Lipinski definition) is 4. The number of ether oxygens (including phenoxy) is 2. The number of carbonyl (C=O) groups is 2. The normalized spacial score (nSPS) is 12.6. The van der Waals surface area contributed by atoms with E-state index in [1.807, 2.05) is 6.92 Å². The Morgan fingerprint density at radius 3 is 2.36 bits per heavy atom. The minimum atomic E-state index is -0.748. The first-order valence-corrected chi connectivity index (χ1v) is 10.2. The van der Waals surface area contributed by atoms with Gasteiger partial charge in [0.05, 0.1) is 12.1 Å². The predicted octanol–water partition coefficient (Wildman–Crippen LogP) is 5.34. The van der Waals surface area contributed by atoms with Crippen LogP contribution in [0.4, 0.5) is 0 Å². The summed E-state index contributed by atoms with van der Waals surface area (Å²) in [5.41, 5.74) is -0.748. The Kier molecular flexibility index (Phi) is 10.4.